The summed E-state index contributed by atoms with van der Waals surface area (Å²) in [6.45, 7) is 3.27. The van der Waals surface area contributed by atoms with Crippen molar-refractivity contribution in [3.8, 4) is 0 Å². The Balaban J connectivity index is 1.46. The minimum Gasteiger partial charge on any atom is -0.459 e. The molecule has 1 saturated heterocycles. The number of aryl methyl sites for hydroxylation is 1. The van der Waals surface area contributed by atoms with E-state index in [-0.39, 0.29) is 17.9 Å². The molecule has 1 aliphatic heterocycles. The van der Waals surface area contributed by atoms with Crippen LogP contribution in [0, 0.1) is 6.92 Å². The number of hydrogen-bond acceptors (Lipinski definition) is 3. The summed E-state index contributed by atoms with van der Waals surface area (Å²) in [5.74, 6) is 0.175. The fourth-order valence-corrected chi connectivity index (χ4v) is 2.88. The second kappa shape index (κ2) is 7.83. The second-order valence-corrected chi connectivity index (χ2v) is 6.30. The summed E-state index contributed by atoms with van der Waals surface area (Å²) in [6.07, 6.45) is 6.36. The molecule has 1 aliphatic rings. The fourth-order valence-electron chi connectivity index (χ4n) is 2.88. The van der Waals surface area contributed by atoms with Gasteiger partial charge in [0.2, 0.25) is 5.91 Å². The average Bonchev–Trinajstić information content (AvgIpc) is 3.16. The first-order chi connectivity index (χ1) is 12.1. The molecule has 1 fully saturated rings. The molecule has 5 nitrogen and oxygen atoms in total. The highest BCUT2D eigenvalue weighted by Crippen LogP contribution is 2.14. The number of nitrogens with zero attached hydrogens (tertiary/aromatic N) is 1. The third kappa shape index (κ3) is 4.59. The summed E-state index contributed by atoms with van der Waals surface area (Å²) >= 11 is 0. The molecule has 0 aliphatic carbocycles. The fraction of sp³-hybridized carbons (Fsp3) is 0.300. The van der Waals surface area contributed by atoms with Crippen LogP contribution in [0.1, 0.15) is 34.5 Å². The molecular formula is C20H22N2O3. The highest BCUT2D eigenvalue weighted by Gasteiger charge is 2.25. The van der Waals surface area contributed by atoms with Gasteiger partial charge in [-0.05, 0) is 43.5 Å². The van der Waals surface area contributed by atoms with Gasteiger partial charge in [-0.25, -0.2) is 0 Å². The zero-order valence-electron chi connectivity index (χ0n) is 14.3. The average molecular weight is 338 g/mol. The first-order valence-corrected chi connectivity index (χ1v) is 8.50. The third-order valence-electron chi connectivity index (χ3n) is 4.37. The number of furan rings is 1. The van der Waals surface area contributed by atoms with Crippen LogP contribution < -0.4 is 5.32 Å². The lowest BCUT2D eigenvalue weighted by Crippen LogP contribution is -2.46. The SMILES string of the molecule is Cc1ccc(/C=C/C(=O)NC2CCN(C(=O)c3ccco3)CC2)cc1. The Labute approximate surface area is 147 Å². The smallest absolute Gasteiger partial charge is 0.289 e. The number of piperidine rings is 1. The van der Waals surface area contributed by atoms with Crippen LogP contribution in [0.15, 0.2) is 53.2 Å². The predicted octanol–water partition coefficient (Wildman–Crippen LogP) is 3.02. The van der Waals surface area contributed by atoms with Gasteiger partial charge >= 0.3 is 0 Å². The van der Waals surface area contributed by atoms with Crippen molar-refractivity contribution < 1.29 is 14.0 Å². The zero-order valence-corrected chi connectivity index (χ0v) is 14.3. The van der Waals surface area contributed by atoms with Crippen molar-refractivity contribution in [3.05, 3.63) is 65.6 Å². The summed E-state index contributed by atoms with van der Waals surface area (Å²) in [5.41, 5.74) is 2.19. The molecule has 2 aromatic rings. The van der Waals surface area contributed by atoms with Crippen molar-refractivity contribution in [2.75, 3.05) is 13.1 Å². The van der Waals surface area contributed by atoms with Crippen molar-refractivity contribution in [1.29, 1.82) is 0 Å². The van der Waals surface area contributed by atoms with Gasteiger partial charge in [-0.15, -0.1) is 0 Å². The Hall–Kier alpha value is -2.82. The summed E-state index contributed by atoms with van der Waals surface area (Å²) < 4.78 is 5.15. The van der Waals surface area contributed by atoms with E-state index < -0.39 is 0 Å². The van der Waals surface area contributed by atoms with E-state index in [1.165, 1.54) is 11.8 Å². The standard InChI is InChI=1S/C20H22N2O3/c1-15-4-6-16(7-5-15)8-9-19(23)21-17-10-12-22(13-11-17)20(24)18-3-2-14-25-18/h2-9,14,17H,10-13H2,1H3,(H,21,23)/b9-8+. The normalized spacial score (nSPS) is 15.5. The van der Waals surface area contributed by atoms with E-state index in [0.29, 0.717) is 18.8 Å². The Morgan fingerprint density at radius 1 is 1.16 bits per heavy atom. The van der Waals surface area contributed by atoms with E-state index in [1.54, 1.807) is 23.1 Å². The zero-order chi connectivity index (χ0) is 17.6. The van der Waals surface area contributed by atoms with Crippen molar-refractivity contribution in [3.63, 3.8) is 0 Å². The molecule has 130 valence electrons. The molecule has 1 aromatic carbocycles. The van der Waals surface area contributed by atoms with Gasteiger partial charge in [-0.2, -0.15) is 0 Å². The van der Waals surface area contributed by atoms with Crippen LogP contribution in [0.25, 0.3) is 6.08 Å². The van der Waals surface area contributed by atoms with Crippen molar-refractivity contribution in [2.24, 2.45) is 0 Å². The van der Waals surface area contributed by atoms with E-state index in [9.17, 15) is 9.59 Å². The molecule has 0 bridgehead atoms. The quantitative estimate of drug-likeness (QED) is 0.872. The first kappa shape index (κ1) is 17.0. The predicted molar refractivity (Wildman–Crippen MR) is 96.0 cm³/mol. The van der Waals surface area contributed by atoms with Gasteiger partial charge < -0.3 is 14.6 Å². The van der Waals surface area contributed by atoms with Crippen molar-refractivity contribution >= 4 is 17.9 Å². The van der Waals surface area contributed by atoms with Crippen LogP contribution in [-0.2, 0) is 4.79 Å². The number of rotatable bonds is 4. The molecule has 25 heavy (non-hydrogen) atoms. The minimum absolute atomic E-state index is 0.0888. The van der Waals surface area contributed by atoms with Gasteiger partial charge in [-0.1, -0.05) is 29.8 Å². The summed E-state index contributed by atoms with van der Waals surface area (Å²) in [6, 6.07) is 11.5. The van der Waals surface area contributed by atoms with Crippen LogP contribution in [0.4, 0.5) is 0 Å². The van der Waals surface area contributed by atoms with Crippen molar-refractivity contribution in [1.82, 2.24) is 10.2 Å². The molecule has 2 amide bonds. The molecule has 0 spiro atoms. The van der Waals surface area contributed by atoms with Crippen LogP contribution in [0.3, 0.4) is 0 Å². The Morgan fingerprint density at radius 2 is 1.88 bits per heavy atom. The topological polar surface area (TPSA) is 62.6 Å². The number of carbonyl (C=O) groups is 2. The Morgan fingerprint density at radius 3 is 2.52 bits per heavy atom. The molecule has 1 aromatic heterocycles. The highest BCUT2D eigenvalue weighted by molar-refractivity contribution is 5.92. The van der Waals surface area contributed by atoms with Crippen LogP contribution in [-0.4, -0.2) is 35.8 Å². The van der Waals surface area contributed by atoms with E-state index in [0.717, 1.165) is 18.4 Å². The molecular weight excluding hydrogens is 316 g/mol. The lowest BCUT2D eigenvalue weighted by Gasteiger charge is -2.31. The lowest BCUT2D eigenvalue weighted by molar-refractivity contribution is -0.117. The van der Waals surface area contributed by atoms with Gasteiger partial charge in [0, 0.05) is 25.2 Å². The molecule has 5 heteroatoms. The van der Waals surface area contributed by atoms with Gasteiger partial charge in [0.1, 0.15) is 0 Å². The maximum absolute atomic E-state index is 12.2. The molecule has 0 radical (unpaired) electrons. The summed E-state index contributed by atoms with van der Waals surface area (Å²) in [4.78, 5) is 26.0. The van der Waals surface area contributed by atoms with Crippen LogP contribution >= 0.6 is 0 Å². The number of carbonyl (C=O) groups excluding carboxylic acids is 2. The van der Waals surface area contributed by atoms with Crippen LogP contribution in [0.5, 0.6) is 0 Å². The highest BCUT2D eigenvalue weighted by atomic mass is 16.3. The Kier molecular flexibility index (Phi) is 5.33. The molecule has 1 N–H and O–H groups in total. The van der Waals surface area contributed by atoms with E-state index >= 15 is 0 Å². The largest absolute Gasteiger partial charge is 0.459 e. The number of likely N-dealkylation sites (tertiary alicyclic amines) is 1. The molecule has 2 heterocycles. The van der Waals surface area contributed by atoms with E-state index in [2.05, 4.69) is 5.32 Å². The first-order valence-electron chi connectivity index (χ1n) is 8.50. The van der Waals surface area contributed by atoms with Crippen molar-refractivity contribution in [2.45, 2.75) is 25.8 Å². The van der Waals surface area contributed by atoms with Gasteiger partial charge in [-0.3, -0.25) is 9.59 Å². The lowest BCUT2D eigenvalue weighted by atomic mass is 10.0. The number of benzene rings is 1. The van der Waals surface area contributed by atoms with Crippen LogP contribution in [0.2, 0.25) is 0 Å². The maximum Gasteiger partial charge on any atom is 0.289 e. The second-order valence-electron chi connectivity index (χ2n) is 6.30. The Bertz CT molecular complexity index is 740. The third-order valence-corrected chi connectivity index (χ3v) is 4.37. The van der Waals surface area contributed by atoms with Gasteiger partial charge in [0.15, 0.2) is 5.76 Å². The summed E-state index contributed by atoms with van der Waals surface area (Å²) in [5, 5.41) is 3.01. The van der Waals surface area contributed by atoms with E-state index in [4.69, 9.17) is 4.42 Å². The van der Waals surface area contributed by atoms with Gasteiger partial charge in [0.25, 0.3) is 5.91 Å². The number of hydrogen-bond donors (Lipinski definition) is 1. The monoisotopic (exact) mass is 338 g/mol. The van der Waals surface area contributed by atoms with E-state index in [1.807, 2.05) is 37.3 Å². The minimum atomic E-state index is -0.101. The maximum atomic E-state index is 12.2. The molecule has 3 rings (SSSR count). The molecule has 0 atom stereocenters. The number of amides is 2. The summed E-state index contributed by atoms with van der Waals surface area (Å²) in [7, 11) is 0. The molecule has 0 saturated carbocycles. The van der Waals surface area contributed by atoms with Gasteiger partial charge in [0.05, 0.1) is 6.26 Å². The molecule has 0 unspecified atom stereocenters. The number of nitrogens with one attached hydrogen (secondary N) is 1.